The fourth-order valence-corrected chi connectivity index (χ4v) is 3.46. The molecular formula is C15H30O3Si. The maximum atomic E-state index is 12.2. The number of methoxy groups -OCH3 is 1. The van der Waals surface area contributed by atoms with Gasteiger partial charge in [-0.1, -0.05) is 40.0 Å². The summed E-state index contributed by atoms with van der Waals surface area (Å²) in [5.74, 6) is -0.0779. The van der Waals surface area contributed by atoms with Crippen molar-refractivity contribution in [1.29, 1.82) is 0 Å². The van der Waals surface area contributed by atoms with E-state index >= 15 is 0 Å². The van der Waals surface area contributed by atoms with Gasteiger partial charge in [0.25, 0.3) is 0 Å². The van der Waals surface area contributed by atoms with Crippen molar-refractivity contribution in [1.82, 2.24) is 0 Å². The molecule has 0 radical (unpaired) electrons. The van der Waals surface area contributed by atoms with Crippen LogP contribution in [0.2, 0.25) is 18.1 Å². The molecule has 0 amide bonds. The van der Waals surface area contributed by atoms with Crippen LogP contribution < -0.4 is 0 Å². The third-order valence-electron chi connectivity index (χ3n) is 4.94. The first kappa shape index (κ1) is 16.7. The summed E-state index contributed by atoms with van der Waals surface area (Å²) < 4.78 is 11.3. The van der Waals surface area contributed by atoms with Crippen LogP contribution in [0.15, 0.2) is 0 Å². The predicted molar refractivity (Wildman–Crippen MR) is 80.7 cm³/mol. The van der Waals surface area contributed by atoms with E-state index in [-0.39, 0.29) is 16.4 Å². The number of carbonyl (C=O) groups excluding carboxylic acids is 1. The lowest BCUT2D eigenvalue weighted by Crippen LogP contribution is -2.47. The average molecular weight is 286 g/mol. The highest BCUT2D eigenvalue weighted by molar-refractivity contribution is 6.74. The van der Waals surface area contributed by atoms with Gasteiger partial charge in [-0.25, -0.2) is 0 Å². The van der Waals surface area contributed by atoms with Crippen LogP contribution in [0.1, 0.15) is 52.9 Å². The van der Waals surface area contributed by atoms with Crippen LogP contribution in [0, 0.1) is 5.41 Å². The van der Waals surface area contributed by atoms with Gasteiger partial charge in [-0.15, -0.1) is 0 Å². The molecule has 3 nitrogen and oxygen atoms in total. The second kappa shape index (κ2) is 5.96. The molecule has 1 aliphatic rings. The summed E-state index contributed by atoms with van der Waals surface area (Å²) in [5.41, 5.74) is -0.386. The second-order valence-electron chi connectivity index (χ2n) is 7.38. The van der Waals surface area contributed by atoms with Gasteiger partial charge in [0.1, 0.15) is 0 Å². The second-order valence-corrected chi connectivity index (χ2v) is 12.2. The number of esters is 1. The molecule has 1 fully saturated rings. The maximum Gasteiger partial charge on any atom is 0.314 e. The number of hydrogen-bond donors (Lipinski definition) is 0. The summed E-state index contributed by atoms with van der Waals surface area (Å²) >= 11 is 0. The van der Waals surface area contributed by atoms with E-state index in [1.165, 1.54) is 13.5 Å². The van der Waals surface area contributed by atoms with Gasteiger partial charge in [0.05, 0.1) is 19.1 Å². The van der Waals surface area contributed by atoms with E-state index in [1.54, 1.807) is 0 Å². The Morgan fingerprint density at radius 2 is 1.68 bits per heavy atom. The van der Waals surface area contributed by atoms with Crippen LogP contribution in [-0.2, 0) is 14.0 Å². The van der Waals surface area contributed by atoms with Gasteiger partial charge < -0.3 is 9.16 Å². The number of hydrogen-bond acceptors (Lipinski definition) is 3. The Hall–Kier alpha value is -0.353. The third kappa shape index (κ3) is 3.82. The Morgan fingerprint density at radius 1 is 1.16 bits per heavy atom. The van der Waals surface area contributed by atoms with Crippen molar-refractivity contribution < 1.29 is 14.0 Å². The Bertz CT molecular complexity index is 312. The van der Waals surface area contributed by atoms with E-state index in [1.807, 2.05) is 0 Å². The van der Waals surface area contributed by atoms with Gasteiger partial charge in [-0.3, -0.25) is 4.79 Å². The van der Waals surface area contributed by atoms with Gasteiger partial charge in [-0.2, -0.15) is 0 Å². The molecule has 0 unspecified atom stereocenters. The number of carbonyl (C=O) groups is 1. The lowest BCUT2D eigenvalue weighted by atomic mass is 9.75. The van der Waals surface area contributed by atoms with E-state index in [0.717, 1.165) is 25.7 Å². The molecule has 0 N–H and O–H groups in total. The fraction of sp³-hybridized carbons (Fsp3) is 0.933. The summed E-state index contributed by atoms with van der Waals surface area (Å²) in [5, 5.41) is 0.180. The first-order valence-electron chi connectivity index (χ1n) is 7.37. The number of ether oxygens (including phenoxy) is 1. The van der Waals surface area contributed by atoms with E-state index in [0.29, 0.717) is 6.61 Å². The molecule has 0 heterocycles. The molecule has 0 aromatic rings. The topological polar surface area (TPSA) is 35.5 Å². The van der Waals surface area contributed by atoms with E-state index in [9.17, 15) is 4.79 Å². The van der Waals surface area contributed by atoms with E-state index < -0.39 is 8.32 Å². The maximum absolute atomic E-state index is 12.2. The minimum absolute atomic E-state index is 0.0779. The Morgan fingerprint density at radius 3 is 2.11 bits per heavy atom. The molecule has 4 heteroatoms. The minimum atomic E-state index is -1.80. The van der Waals surface area contributed by atoms with Crippen LogP contribution >= 0.6 is 0 Å². The van der Waals surface area contributed by atoms with Crippen LogP contribution in [-0.4, -0.2) is 28.0 Å². The molecule has 0 spiro atoms. The quantitative estimate of drug-likeness (QED) is 0.576. The monoisotopic (exact) mass is 286 g/mol. The number of rotatable bonds is 4. The lowest BCUT2D eigenvalue weighted by Gasteiger charge is -2.41. The van der Waals surface area contributed by atoms with Crippen LogP contribution in [0.4, 0.5) is 0 Å². The van der Waals surface area contributed by atoms with Gasteiger partial charge in [0.2, 0.25) is 0 Å². The summed E-state index contributed by atoms with van der Waals surface area (Å²) in [6.45, 7) is 11.7. The highest BCUT2D eigenvalue weighted by Crippen LogP contribution is 2.42. The lowest BCUT2D eigenvalue weighted by molar-refractivity contribution is -0.157. The molecule has 1 saturated carbocycles. The van der Waals surface area contributed by atoms with E-state index in [2.05, 4.69) is 33.9 Å². The van der Waals surface area contributed by atoms with Crippen molar-refractivity contribution in [3.8, 4) is 0 Å². The minimum Gasteiger partial charge on any atom is -0.469 e. The third-order valence-corrected chi connectivity index (χ3v) is 9.42. The van der Waals surface area contributed by atoms with Crippen LogP contribution in [0.5, 0.6) is 0 Å². The van der Waals surface area contributed by atoms with Gasteiger partial charge in [0.15, 0.2) is 8.32 Å². The Balaban J connectivity index is 2.77. The van der Waals surface area contributed by atoms with Gasteiger partial charge in [-0.05, 0) is 31.0 Å². The van der Waals surface area contributed by atoms with Crippen molar-refractivity contribution in [2.24, 2.45) is 5.41 Å². The molecule has 1 aliphatic carbocycles. The Kier molecular flexibility index (Phi) is 5.24. The SMILES string of the molecule is COC(=O)C1(CO[Si](C)(C)C(C)(C)C)CCCCC1. The zero-order valence-electron chi connectivity index (χ0n) is 13.5. The highest BCUT2D eigenvalue weighted by atomic mass is 28.4. The zero-order valence-corrected chi connectivity index (χ0v) is 14.5. The van der Waals surface area contributed by atoms with E-state index in [4.69, 9.17) is 9.16 Å². The molecule has 0 bridgehead atoms. The normalized spacial score (nSPS) is 20.1. The first-order chi connectivity index (χ1) is 8.65. The highest BCUT2D eigenvalue weighted by Gasteiger charge is 2.45. The van der Waals surface area contributed by atoms with Crippen molar-refractivity contribution in [2.45, 2.75) is 71.0 Å². The average Bonchev–Trinajstić information content (AvgIpc) is 2.35. The summed E-state index contributed by atoms with van der Waals surface area (Å²) in [7, 11) is -0.311. The standard InChI is InChI=1S/C15H30O3Si/c1-14(2,3)19(5,6)18-12-15(13(16)17-4)10-8-7-9-11-15/h7-12H2,1-6H3. The zero-order chi connectivity index (χ0) is 14.7. The summed E-state index contributed by atoms with van der Waals surface area (Å²) in [4.78, 5) is 12.2. The molecule has 0 saturated heterocycles. The van der Waals surface area contributed by atoms with Crippen molar-refractivity contribution in [2.75, 3.05) is 13.7 Å². The van der Waals surface area contributed by atoms with Crippen LogP contribution in [0.3, 0.4) is 0 Å². The molecule has 19 heavy (non-hydrogen) atoms. The predicted octanol–water partition coefficient (Wildman–Crippen LogP) is 4.13. The first-order valence-corrected chi connectivity index (χ1v) is 10.3. The van der Waals surface area contributed by atoms with Crippen molar-refractivity contribution in [3.63, 3.8) is 0 Å². The molecule has 0 aliphatic heterocycles. The largest absolute Gasteiger partial charge is 0.469 e. The van der Waals surface area contributed by atoms with Gasteiger partial charge in [0, 0.05) is 0 Å². The van der Waals surface area contributed by atoms with Crippen molar-refractivity contribution >= 4 is 14.3 Å². The molecule has 1 rings (SSSR count). The molecule has 0 aromatic carbocycles. The van der Waals surface area contributed by atoms with Gasteiger partial charge >= 0.3 is 5.97 Å². The summed E-state index contributed by atoms with van der Waals surface area (Å²) in [6, 6.07) is 0. The summed E-state index contributed by atoms with van der Waals surface area (Å²) in [6.07, 6.45) is 5.26. The smallest absolute Gasteiger partial charge is 0.314 e. The van der Waals surface area contributed by atoms with Crippen LogP contribution in [0.25, 0.3) is 0 Å². The molecule has 0 aromatic heterocycles. The Labute approximate surface area is 119 Å². The molecular weight excluding hydrogens is 256 g/mol. The molecule has 0 atom stereocenters. The molecule has 112 valence electrons. The van der Waals surface area contributed by atoms with Crippen molar-refractivity contribution in [3.05, 3.63) is 0 Å². The fourth-order valence-electron chi connectivity index (χ4n) is 2.39.